The summed E-state index contributed by atoms with van der Waals surface area (Å²) in [6.07, 6.45) is 21.1. The Morgan fingerprint density at radius 1 is 0.576 bits per heavy atom. The van der Waals surface area contributed by atoms with Crippen LogP contribution in [0.5, 0.6) is 0 Å². The van der Waals surface area contributed by atoms with Gasteiger partial charge in [-0.1, -0.05) is 89.3 Å². The minimum Gasteiger partial charge on any atom is -0.481 e. The molecule has 0 radical (unpaired) electrons. The lowest BCUT2D eigenvalue weighted by atomic mass is 9.93. The van der Waals surface area contributed by atoms with E-state index in [0.29, 0.717) is 12.8 Å². The number of carboxylic acid groups (broad SMARTS) is 2. The van der Waals surface area contributed by atoms with Crippen LogP contribution in [-0.4, -0.2) is 22.2 Å². The highest BCUT2D eigenvalue weighted by atomic mass is 16.4. The highest BCUT2D eigenvalue weighted by Gasteiger charge is 2.06. The van der Waals surface area contributed by atoms with Crippen molar-refractivity contribution in [1.82, 2.24) is 0 Å². The molecule has 1 rings (SSSR count). The summed E-state index contributed by atoms with van der Waals surface area (Å²) in [6.45, 7) is 2.25. The molecule has 0 atom stereocenters. The van der Waals surface area contributed by atoms with Gasteiger partial charge in [-0.2, -0.15) is 0 Å². The Hall–Kier alpha value is -1.84. The molecule has 0 aliphatic heterocycles. The van der Waals surface area contributed by atoms with Gasteiger partial charge in [-0.05, 0) is 68.1 Å². The minimum absolute atomic E-state index is 0.302. The zero-order valence-electron chi connectivity index (χ0n) is 21.1. The molecule has 0 aliphatic carbocycles. The van der Waals surface area contributed by atoms with Crippen molar-refractivity contribution in [2.75, 3.05) is 0 Å². The number of carbonyl (C=O) groups is 2. The number of hydrogen-bond acceptors (Lipinski definition) is 2. The Bertz CT molecular complexity index is 653. The average Bonchev–Trinajstić information content (AvgIpc) is 2.78. The molecule has 1 aromatic carbocycles. The van der Waals surface area contributed by atoms with Gasteiger partial charge < -0.3 is 10.2 Å². The van der Waals surface area contributed by atoms with Gasteiger partial charge in [0, 0.05) is 12.8 Å². The molecule has 4 nitrogen and oxygen atoms in total. The topological polar surface area (TPSA) is 74.6 Å². The van der Waals surface area contributed by atoms with Crippen molar-refractivity contribution in [3.63, 3.8) is 0 Å². The molecule has 0 unspecified atom stereocenters. The monoisotopic (exact) mass is 460 g/mol. The van der Waals surface area contributed by atoms with E-state index in [4.69, 9.17) is 10.2 Å². The van der Waals surface area contributed by atoms with Crippen LogP contribution in [0.25, 0.3) is 0 Å². The molecule has 0 heterocycles. The van der Waals surface area contributed by atoms with Crippen LogP contribution < -0.4 is 0 Å². The van der Waals surface area contributed by atoms with Gasteiger partial charge in [0.15, 0.2) is 0 Å². The van der Waals surface area contributed by atoms with Crippen molar-refractivity contribution in [3.05, 3.63) is 34.9 Å². The maximum atomic E-state index is 10.6. The molecule has 0 aromatic heterocycles. The van der Waals surface area contributed by atoms with Crippen molar-refractivity contribution < 1.29 is 19.8 Å². The normalized spacial score (nSPS) is 11.1. The number of unbranched alkanes of at least 4 members (excludes halogenated alkanes) is 12. The summed E-state index contributed by atoms with van der Waals surface area (Å²) in [5, 5.41) is 17.4. The van der Waals surface area contributed by atoms with E-state index >= 15 is 0 Å². The summed E-state index contributed by atoms with van der Waals surface area (Å²) in [5.74, 6) is -1.36. The molecule has 2 N–H and O–H groups in total. The lowest BCUT2D eigenvalue weighted by Crippen LogP contribution is -1.99. The van der Waals surface area contributed by atoms with E-state index in [0.717, 1.165) is 51.4 Å². The van der Waals surface area contributed by atoms with E-state index in [2.05, 4.69) is 25.1 Å². The minimum atomic E-state index is -0.682. The van der Waals surface area contributed by atoms with Crippen LogP contribution in [0, 0.1) is 0 Å². The van der Waals surface area contributed by atoms with Crippen molar-refractivity contribution in [2.24, 2.45) is 0 Å². The predicted octanol–water partition coefficient (Wildman–Crippen LogP) is 8.13. The van der Waals surface area contributed by atoms with Gasteiger partial charge in [-0.15, -0.1) is 0 Å². The van der Waals surface area contributed by atoms with E-state index in [9.17, 15) is 9.59 Å². The number of hydrogen-bond donors (Lipinski definition) is 2. The predicted molar refractivity (Wildman–Crippen MR) is 137 cm³/mol. The lowest BCUT2D eigenvalue weighted by Gasteiger charge is -2.13. The largest absolute Gasteiger partial charge is 0.481 e. The third-order valence-corrected chi connectivity index (χ3v) is 6.51. The van der Waals surface area contributed by atoms with Crippen LogP contribution in [-0.2, 0) is 28.9 Å². The number of aryl methyl sites for hydroxylation is 3. The highest BCUT2D eigenvalue weighted by Crippen LogP contribution is 2.21. The molecule has 4 heteroatoms. The van der Waals surface area contributed by atoms with E-state index in [1.165, 1.54) is 80.9 Å². The Balaban J connectivity index is 2.39. The first-order valence-electron chi connectivity index (χ1n) is 13.6. The third-order valence-electron chi connectivity index (χ3n) is 6.51. The summed E-state index contributed by atoms with van der Waals surface area (Å²) in [6, 6.07) is 7.17. The maximum Gasteiger partial charge on any atom is 0.303 e. The SMILES string of the molecule is CCCCCc1ccc(CCCCCCCCC(=O)O)c(CCCCCCCCC(=O)O)c1. The molecule has 0 aliphatic rings. The molecule has 0 spiro atoms. The summed E-state index contributed by atoms with van der Waals surface area (Å²) >= 11 is 0. The zero-order chi connectivity index (χ0) is 24.2. The third kappa shape index (κ3) is 16.4. The fourth-order valence-corrected chi connectivity index (χ4v) is 4.49. The molecule has 0 fully saturated rings. The second-order valence-corrected chi connectivity index (χ2v) is 9.59. The van der Waals surface area contributed by atoms with Crippen molar-refractivity contribution >= 4 is 11.9 Å². The van der Waals surface area contributed by atoms with E-state index in [1.54, 1.807) is 0 Å². The first kappa shape index (κ1) is 29.2. The quantitative estimate of drug-likeness (QED) is 0.171. The fraction of sp³-hybridized carbons (Fsp3) is 0.724. The molecule has 0 amide bonds. The number of benzene rings is 1. The van der Waals surface area contributed by atoms with Crippen LogP contribution in [0.2, 0.25) is 0 Å². The van der Waals surface area contributed by atoms with Crippen molar-refractivity contribution in [1.29, 1.82) is 0 Å². The van der Waals surface area contributed by atoms with Crippen LogP contribution >= 0.6 is 0 Å². The second kappa shape index (κ2) is 19.6. The Morgan fingerprint density at radius 2 is 1.03 bits per heavy atom. The molecule has 1 aromatic rings. The van der Waals surface area contributed by atoms with Gasteiger partial charge in [-0.25, -0.2) is 0 Å². The Kier molecular flexibility index (Phi) is 17.4. The van der Waals surface area contributed by atoms with Gasteiger partial charge in [0.1, 0.15) is 0 Å². The Labute approximate surface area is 202 Å². The summed E-state index contributed by atoms with van der Waals surface area (Å²) in [5.41, 5.74) is 4.53. The molecule has 0 saturated heterocycles. The smallest absolute Gasteiger partial charge is 0.303 e. The highest BCUT2D eigenvalue weighted by molar-refractivity contribution is 5.66. The molecular formula is C29H48O4. The standard InChI is InChI=1S/C29H48O4/c1-2-3-12-17-25-22-23-26(18-13-8-4-6-10-15-20-28(30)31)27(24-25)19-14-9-5-7-11-16-21-29(32)33/h22-24H,2-21H2,1H3,(H,30,31)(H,32,33). The van der Waals surface area contributed by atoms with Crippen LogP contribution in [0.4, 0.5) is 0 Å². The summed E-state index contributed by atoms with van der Waals surface area (Å²) in [4.78, 5) is 21.2. The number of carboxylic acids is 2. The Morgan fingerprint density at radius 3 is 1.55 bits per heavy atom. The second-order valence-electron chi connectivity index (χ2n) is 9.59. The zero-order valence-corrected chi connectivity index (χ0v) is 21.1. The van der Waals surface area contributed by atoms with Crippen LogP contribution in [0.3, 0.4) is 0 Å². The van der Waals surface area contributed by atoms with Gasteiger partial charge in [0.05, 0.1) is 0 Å². The van der Waals surface area contributed by atoms with Gasteiger partial charge in [0.2, 0.25) is 0 Å². The number of rotatable bonds is 22. The van der Waals surface area contributed by atoms with Crippen LogP contribution in [0.15, 0.2) is 18.2 Å². The van der Waals surface area contributed by atoms with Crippen molar-refractivity contribution in [2.45, 2.75) is 135 Å². The fourth-order valence-electron chi connectivity index (χ4n) is 4.49. The summed E-state index contributed by atoms with van der Waals surface area (Å²) in [7, 11) is 0. The average molecular weight is 461 g/mol. The van der Waals surface area contributed by atoms with Crippen molar-refractivity contribution in [3.8, 4) is 0 Å². The lowest BCUT2D eigenvalue weighted by molar-refractivity contribution is -0.138. The molecule has 0 saturated carbocycles. The van der Waals surface area contributed by atoms with Gasteiger partial charge in [-0.3, -0.25) is 9.59 Å². The maximum absolute atomic E-state index is 10.6. The first-order chi connectivity index (χ1) is 16.0. The molecule has 33 heavy (non-hydrogen) atoms. The summed E-state index contributed by atoms with van der Waals surface area (Å²) < 4.78 is 0. The van der Waals surface area contributed by atoms with E-state index in [-0.39, 0.29) is 0 Å². The van der Waals surface area contributed by atoms with Crippen LogP contribution in [0.1, 0.15) is 133 Å². The number of aliphatic carboxylic acids is 2. The molecule has 188 valence electrons. The molecule has 0 bridgehead atoms. The van der Waals surface area contributed by atoms with E-state index < -0.39 is 11.9 Å². The van der Waals surface area contributed by atoms with Gasteiger partial charge in [0.25, 0.3) is 0 Å². The molecular weight excluding hydrogens is 412 g/mol. The first-order valence-corrected chi connectivity index (χ1v) is 13.6. The van der Waals surface area contributed by atoms with E-state index in [1.807, 2.05) is 0 Å². The van der Waals surface area contributed by atoms with Gasteiger partial charge >= 0.3 is 11.9 Å².